The maximum atomic E-state index is 3.73. The van der Waals surface area contributed by atoms with Crippen molar-refractivity contribution in [3.8, 4) is 0 Å². The largest absolute Gasteiger partial charge is 0.370 e. The second-order valence-corrected chi connectivity index (χ2v) is 3.64. The lowest BCUT2D eigenvalue weighted by Gasteiger charge is -2.14. The van der Waals surface area contributed by atoms with E-state index in [1.54, 1.807) is 0 Å². The standard InChI is InChI=1S/C16H19N/c1-3-13-17(14-4-2)15-9-8-12-16-10-6-5-7-11-16/h3-12,15H,1-2,13-14H2. The molecule has 0 unspecified atom stereocenters. The molecule has 0 saturated heterocycles. The van der Waals surface area contributed by atoms with Crippen molar-refractivity contribution in [1.29, 1.82) is 0 Å². The Bertz CT molecular complexity index is 377. The van der Waals surface area contributed by atoms with Crippen molar-refractivity contribution in [1.82, 2.24) is 4.90 Å². The molecule has 0 bridgehead atoms. The average Bonchev–Trinajstić information content (AvgIpc) is 2.36. The molecule has 0 aliphatic rings. The molecule has 0 fully saturated rings. The first-order valence-corrected chi connectivity index (χ1v) is 5.72. The molecule has 0 atom stereocenters. The molecule has 0 aromatic heterocycles. The minimum absolute atomic E-state index is 0.835. The molecule has 0 aliphatic heterocycles. The zero-order valence-corrected chi connectivity index (χ0v) is 10.1. The molecule has 0 spiro atoms. The summed E-state index contributed by atoms with van der Waals surface area (Å²) in [6.45, 7) is 9.13. The van der Waals surface area contributed by atoms with Crippen LogP contribution in [0.15, 0.2) is 74.0 Å². The van der Waals surface area contributed by atoms with Crippen LogP contribution < -0.4 is 0 Å². The van der Waals surface area contributed by atoms with Crippen molar-refractivity contribution < 1.29 is 0 Å². The number of benzene rings is 1. The van der Waals surface area contributed by atoms with E-state index >= 15 is 0 Å². The second kappa shape index (κ2) is 8.17. The summed E-state index contributed by atoms with van der Waals surface area (Å²) in [6, 6.07) is 10.2. The molecule has 0 heterocycles. The smallest absolute Gasteiger partial charge is 0.0354 e. The maximum absolute atomic E-state index is 3.73. The fourth-order valence-electron chi connectivity index (χ4n) is 1.43. The Balaban J connectivity index is 2.50. The predicted molar refractivity (Wildman–Crippen MR) is 76.6 cm³/mol. The molecule has 17 heavy (non-hydrogen) atoms. The first-order chi connectivity index (χ1) is 8.36. The molecule has 0 aliphatic carbocycles. The van der Waals surface area contributed by atoms with E-state index in [2.05, 4.69) is 36.3 Å². The Morgan fingerprint density at radius 3 is 2.18 bits per heavy atom. The molecule has 1 heteroatoms. The Kier molecular flexibility index (Phi) is 6.27. The van der Waals surface area contributed by atoms with Crippen LogP contribution in [-0.4, -0.2) is 18.0 Å². The number of rotatable bonds is 7. The third-order valence-corrected chi connectivity index (χ3v) is 2.22. The third-order valence-electron chi connectivity index (χ3n) is 2.22. The Morgan fingerprint density at radius 1 is 0.941 bits per heavy atom. The fourth-order valence-corrected chi connectivity index (χ4v) is 1.43. The van der Waals surface area contributed by atoms with Gasteiger partial charge in [0.25, 0.3) is 0 Å². The quantitative estimate of drug-likeness (QED) is 0.502. The van der Waals surface area contributed by atoms with E-state index in [0.29, 0.717) is 0 Å². The van der Waals surface area contributed by atoms with Crippen molar-refractivity contribution >= 4 is 6.08 Å². The summed E-state index contributed by atoms with van der Waals surface area (Å²) in [6.07, 6.45) is 12.0. The van der Waals surface area contributed by atoms with Gasteiger partial charge in [-0.05, 0) is 17.8 Å². The van der Waals surface area contributed by atoms with Crippen molar-refractivity contribution in [2.75, 3.05) is 13.1 Å². The fraction of sp³-hybridized carbons (Fsp3) is 0.125. The number of nitrogens with zero attached hydrogens (tertiary/aromatic N) is 1. The van der Waals surface area contributed by atoms with Crippen molar-refractivity contribution in [2.45, 2.75) is 0 Å². The van der Waals surface area contributed by atoms with E-state index in [1.807, 2.05) is 48.7 Å². The second-order valence-electron chi connectivity index (χ2n) is 3.64. The van der Waals surface area contributed by atoms with Crippen LogP contribution in [0.2, 0.25) is 0 Å². The summed E-state index contributed by atoms with van der Waals surface area (Å²) in [5, 5.41) is 0. The summed E-state index contributed by atoms with van der Waals surface area (Å²) >= 11 is 0. The molecule has 0 amide bonds. The van der Waals surface area contributed by atoms with Crippen LogP contribution >= 0.6 is 0 Å². The molecule has 1 rings (SSSR count). The van der Waals surface area contributed by atoms with Gasteiger partial charge in [0.05, 0.1) is 0 Å². The lowest BCUT2D eigenvalue weighted by Crippen LogP contribution is -2.16. The van der Waals surface area contributed by atoms with Gasteiger partial charge in [0.15, 0.2) is 0 Å². The SMILES string of the molecule is C=CCN(C=CC=Cc1ccccc1)CC=C. The monoisotopic (exact) mass is 225 g/mol. The van der Waals surface area contributed by atoms with Crippen LogP contribution in [0.4, 0.5) is 0 Å². The molecule has 1 nitrogen and oxygen atoms in total. The average molecular weight is 225 g/mol. The molecular weight excluding hydrogens is 206 g/mol. The summed E-state index contributed by atoms with van der Waals surface area (Å²) in [4.78, 5) is 2.13. The van der Waals surface area contributed by atoms with Gasteiger partial charge in [-0.3, -0.25) is 0 Å². The first kappa shape index (κ1) is 13.0. The number of allylic oxidation sites excluding steroid dienone is 2. The van der Waals surface area contributed by atoms with E-state index < -0.39 is 0 Å². The minimum atomic E-state index is 0.835. The lowest BCUT2D eigenvalue weighted by atomic mass is 10.2. The zero-order chi connectivity index (χ0) is 12.3. The normalized spacial score (nSPS) is 10.8. The highest BCUT2D eigenvalue weighted by Gasteiger charge is 1.89. The molecular formula is C16H19N. The van der Waals surface area contributed by atoms with Crippen LogP contribution in [-0.2, 0) is 0 Å². The van der Waals surface area contributed by atoms with Crippen LogP contribution in [0.25, 0.3) is 6.08 Å². The van der Waals surface area contributed by atoms with E-state index in [9.17, 15) is 0 Å². The van der Waals surface area contributed by atoms with Crippen molar-refractivity contribution in [3.05, 3.63) is 79.6 Å². The maximum Gasteiger partial charge on any atom is 0.0354 e. The van der Waals surface area contributed by atoms with Crippen molar-refractivity contribution in [2.24, 2.45) is 0 Å². The van der Waals surface area contributed by atoms with Gasteiger partial charge in [0.2, 0.25) is 0 Å². The highest BCUT2D eigenvalue weighted by Crippen LogP contribution is 2.01. The predicted octanol–water partition coefficient (Wildman–Crippen LogP) is 3.89. The van der Waals surface area contributed by atoms with Gasteiger partial charge >= 0.3 is 0 Å². The van der Waals surface area contributed by atoms with Crippen molar-refractivity contribution in [3.63, 3.8) is 0 Å². The molecule has 0 radical (unpaired) electrons. The Morgan fingerprint density at radius 2 is 1.59 bits per heavy atom. The van der Waals surface area contributed by atoms with Crippen LogP contribution in [0.5, 0.6) is 0 Å². The molecule has 1 aromatic rings. The van der Waals surface area contributed by atoms with Gasteiger partial charge in [0, 0.05) is 13.1 Å². The summed E-state index contributed by atoms with van der Waals surface area (Å²) in [5.74, 6) is 0. The molecule has 1 aromatic carbocycles. The zero-order valence-electron chi connectivity index (χ0n) is 10.1. The van der Waals surface area contributed by atoms with Crippen LogP contribution in [0.1, 0.15) is 5.56 Å². The van der Waals surface area contributed by atoms with E-state index in [4.69, 9.17) is 0 Å². The van der Waals surface area contributed by atoms with Crippen LogP contribution in [0, 0.1) is 0 Å². The van der Waals surface area contributed by atoms with E-state index in [-0.39, 0.29) is 0 Å². The minimum Gasteiger partial charge on any atom is -0.370 e. The van der Waals surface area contributed by atoms with Gasteiger partial charge in [-0.25, -0.2) is 0 Å². The van der Waals surface area contributed by atoms with Gasteiger partial charge in [-0.2, -0.15) is 0 Å². The molecule has 88 valence electrons. The number of hydrogen-bond acceptors (Lipinski definition) is 1. The highest BCUT2D eigenvalue weighted by atomic mass is 15.1. The van der Waals surface area contributed by atoms with Gasteiger partial charge in [0.1, 0.15) is 0 Å². The lowest BCUT2D eigenvalue weighted by molar-refractivity contribution is 0.463. The molecule has 0 saturated carbocycles. The number of hydrogen-bond donors (Lipinski definition) is 0. The summed E-state index contributed by atoms with van der Waals surface area (Å²) < 4.78 is 0. The van der Waals surface area contributed by atoms with E-state index in [0.717, 1.165) is 13.1 Å². The van der Waals surface area contributed by atoms with Crippen LogP contribution in [0.3, 0.4) is 0 Å². The molecule has 0 N–H and O–H groups in total. The topological polar surface area (TPSA) is 3.24 Å². The Labute approximate surface area is 104 Å². The summed E-state index contributed by atoms with van der Waals surface area (Å²) in [7, 11) is 0. The highest BCUT2D eigenvalue weighted by molar-refractivity contribution is 5.50. The van der Waals surface area contributed by atoms with Gasteiger partial charge < -0.3 is 4.90 Å². The Hall–Kier alpha value is -2.02. The van der Waals surface area contributed by atoms with Gasteiger partial charge in [-0.1, -0.05) is 54.6 Å². The first-order valence-electron chi connectivity index (χ1n) is 5.72. The summed E-state index contributed by atoms with van der Waals surface area (Å²) in [5.41, 5.74) is 1.20. The third kappa shape index (κ3) is 5.57. The van der Waals surface area contributed by atoms with Gasteiger partial charge in [-0.15, -0.1) is 13.2 Å². The van der Waals surface area contributed by atoms with E-state index in [1.165, 1.54) is 5.56 Å².